The van der Waals surface area contributed by atoms with Crippen molar-refractivity contribution >= 4 is 86.7 Å². The van der Waals surface area contributed by atoms with Crippen LogP contribution in [-0.4, -0.2) is 25.0 Å². The minimum atomic E-state index is 0.0891. The van der Waals surface area contributed by atoms with Crippen LogP contribution in [-0.2, 0) is 0 Å². The molecule has 64 heavy (non-hydrogen) atoms. The van der Waals surface area contributed by atoms with Crippen molar-refractivity contribution in [2.45, 2.75) is 19.6 Å². The van der Waals surface area contributed by atoms with Crippen LogP contribution in [0.15, 0.2) is 207 Å². The van der Waals surface area contributed by atoms with Crippen molar-refractivity contribution in [3.8, 4) is 39.4 Å². The van der Waals surface area contributed by atoms with Crippen LogP contribution < -0.4 is 9.80 Å². The van der Waals surface area contributed by atoms with E-state index in [0.717, 1.165) is 78.6 Å². The predicted octanol–water partition coefficient (Wildman–Crippen LogP) is 17.0. The number of nitriles is 1. The fourth-order valence-electron chi connectivity index (χ4n) is 8.29. The summed E-state index contributed by atoms with van der Waals surface area (Å²) < 4.78 is 0. The summed E-state index contributed by atoms with van der Waals surface area (Å²) in [5.74, 6) is 0. The van der Waals surface area contributed by atoms with Crippen molar-refractivity contribution in [2.75, 3.05) is 34.8 Å². The molecular formula is C56H42N4S4. The molecule has 0 fully saturated rings. The van der Waals surface area contributed by atoms with Gasteiger partial charge in [0, 0.05) is 59.3 Å². The van der Waals surface area contributed by atoms with E-state index in [1.165, 1.54) is 19.6 Å². The molecule has 1 aliphatic carbocycles. The fourth-order valence-corrected chi connectivity index (χ4v) is 9.93. The maximum absolute atomic E-state index is 10.3. The summed E-state index contributed by atoms with van der Waals surface area (Å²) in [6.45, 7) is 8.08. The Kier molecular flexibility index (Phi) is 12.7. The molecule has 0 unspecified atom stereocenters. The number of anilines is 6. The zero-order chi connectivity index (χ0) is 44.2. The molecular weight excluding hydrogens is 857 g/mol. The first kappa shape index (κ1) is 42.8. The number of thioether (sulfide) groups is 4. The van der Waals surface area contributed by atoms with E-state index in [0.29, 0.717) is 5.57 Å². The minimum absolute atomic E-state index is 0.0891. The summed E-state index contributed by atoms with van der Waals surface area (Å²) in [5, 5.41) is 10.3. The van der Waals surface area contributed by atoms with Crippen LogP contribution >= 0.6 is 47.0 Å². The second-order valence-electron chi connectivity index (χ2n) is 15.0. The van der Waals surface area contributed by atoms with Crippen molar-refractivity contribution in [1.29, 1.82) is 5.26 Å². The maximum Gasteiger partial charge on any atom is 0.270 e. The SMILES string of the molecule is [C-]#[N+]C(C#N)=C1c2cc(-c3ccc(N(c4ccc(SC)cc4)c4ccc(SC)cc4)cc3)ccc2-c2ccc(-c3ccc(N(c4ccc(SC)cc4)c4ccc(SC)cc4)cc3)cc21. The van der Waals surface area contributed by atoms with Crippen LogP contribution in [0.3, 0.4) is 0 Å². The lowest BCUT2D eigenvalue weighted by Gasteiger charge is -2.26. The number of hydrogen-bond acceptors (Lipinski definition) is 7. The van der Waals surface area contributed by atoms with Crippen molar-refractivity contribution in [2.24, 2.45) is 0 Å². The summed E-state index contributed by atoms with van der Waals surface area (Å²) in [7, 11) is 0. The second-order valence-corrected chi connectivity index (χ2v) is 18.5. The van der Waals surface area contributed by atoms with Gasteiger partial charge in [-0.15, -0.1) is 47.0 Å². The monoisotopic (exact) mass is 898 g/mol. The van der Waals surface area contributed by atoms with Gasteiger partial charge < -0.3 is 9.80 Å². The van der Waals surface area contributed by atoms with Gasteiger partial charge in [0.25, 0.3) is 5.70 Å². The van der Waals surface area contributed by atoms with Crippen LogP contribution in [0.25, 0.3) is 43.8 Å². The summed E-state index contributed by atoms with van der Waals surface area (Å²) in [4.78, 5) is 13.2. The zero-order valence-electron chi connectivity index (χ0n) is 35.7. The molecule has 4 nitrogen and oxygen atoms in total. The Morgan fingerprint density at radius 3 is 0.906 bits per heavy atom. The van der Waals surface area contributed by atoms with Crippen LogP contribution in [0, 0.1) is 17.9 Å². The topological polar surface area (TPSA) is 34.6 Å². The first-order valence-electron chi connectivity index (χ1n) is 20.6. The van der Waals surface area contributed by atoms with Gasteiger partial charge in [-0.2, -0.15) is 0 Å². The molecule has 0 amide bonds. The first-order chi connectivity index (χ1) is 31.4. The summed E-state index contributed by atoms with van der Waals surface area (Å²) in [6.07, 6.45) is 8.38. The molecule has 0 aliphatic heterocycles. The number of hydrogen-bond donors (Lipinski definition) is 0. The molecule has 0 aromatic heterocycles. The Bertz CT molecular complexity index is 2770. The molecule has 0 radical (unpaired) electrons. The van der Waals surface area contributed by atoms with Gasteiger partial charge in [-0.1, -0.05) is 48.5 Å². The smallest absolute Gasteiger partial charge is 0.270 e. The van der Waals surface area contributed by atoms with E-state index in [1.54, 1.807) is 47.0 Å². The molecule has 8 aromatic rings. The number of rotatable bonds is 12. The van der Waals surface area contributed by atoms with E-state index in [9.17, 15) is 5.26 Å². The highest BCUT2D eigenvalue weighted by Gasteiger charge is 2.28. The largest absolute Gasteiger partial charge is 0.311 e. The van der Waals surface area contributed by atoms with Gasteiger partial charge in [-0.3, -0.25) is 0 Å². The molecule has 0 saturated carbocycles. The average molecular weight is 899 g/mol. The lowest BCUT2D eigenvalue weighted by atomic mass is 9.96. The number of fused-ring (bicyclic) bond motifs is 3. The van der Waals surface area contributed by atoms with Crippen molar-refractivity contribution < 1.29 is 0 Å². The quantitative estimate of drug-likeness (QED) is 0.0686. The minimum Gasteiger partial charge on any atom is -0.311 e. The fraction of sp³-hybridized carbons (Fsp3) is 0.0714. The number of allylic oxidation sites excluding steroid dienone is 1. The Hall–Kier alpha value is -6.52. The van der Waals surface area contributed by atoms with E-state index in [4.69, 9.17) is 6.57 Å². The van der Waals surface area contributed by atoms with E-state index >= 15 is 0 Å². The first-order valence-corrected chi connectivity index (χ1v) is 25.5. The Balaban J connectivity index is 1.04. The molecule has 1 aliphatic rings. The third-order valence-corrected chi connectivity index (χ3v) is 14.5. The molecule has 0 bridgehead atoms. The lowest BCUT2D eigenvalue weighted by Crippen LogP contribution is -2.09. The molecule has 0 spiro atoms. The zero-order valence-corrected chi connectivity index (χ0v) is 39.0. The molecule has 0 atom stereocenters. The predicted molar refractivity (Wildman–Crippen MR) is 277 cm³/mol. The maximum atomic E-state index is 10.3. The van der Waals surface area contributed by atoms with Gasteiger partial charge in [0.05, 0.1) is 12.6 Å². The highest BCUT2D eigenvalue weighted by molar-refractivity contribution is 7.99. The summed E-state index contributed by atoms with van der Waals surface area (Å²) in [6, 6.07) is 67.1. The molecule has 8 aromatic carbocycles. The van der Waals surface area contributed by atoms with Crippen molar-refractivity contribution in [1.82, 2.24) is 0 Å². The van der Waals surface area contributed by atoms with E-state index < -0.39 is 0 Å². The Labute approximate surface area is 393 Å². The molecule has 8 heteroatoms. The molecule has 0 heterocycles. The molecule has 0 N–H and O–H groups in total. The van der Waals surface area contributed by atoms with Gasteiger partial charge >= 0.3 is 0 Å². The van der Waals surface area contributed by atoms with E-state index in [1.807, 2.05) is 0 Å². The number of benzene rings is 8. The molecule has 310 valence electrons. The summed E-state index contributed by atoms with van der Waals surface area (Å²) in [5.41, 5.74) is 15.2. The average Bonchev–Trinajstić information content (AvgIpc) is 3.68. The highest BCUT2D eigenvalue weighted by Crippen LogP contribution is 2.49. The van der Waals surface area contributed by atoms with E-state index in [-0.39, 0.29) is 5.70 Å². The van der Waals surface area contributed by atoms with Gasteiger partial charge in [0.15, 0.2) is 0 Å². The third kappa shape index (κ3) is 8.46. The Morgan fingerprint density at radius 1 is 0.391 bits per heavy atom. The van der Waals surface area contributed by atoms with Gasteiger partial charge in [-0.25, -0.2) is 10.1 Å². The van der Waals surface area contributed by atoms with Gasteiger partial charge in [0.1, 0.15) is 0 Å². The van der Waals surface area contributed by atoms with Gasteiger partial charge in [0.2, 0.25) is 0 Å². The van der Waals surface area contributed by atoms with Crippen LogP contribution in [0.5, 0.6) is 0 Å². The lowest BCUT2D eigenvalue weighted by molar-refractivity contribution is 1.26. The second kappa shape index (κ2) is 19.1. The van der Waals surface area contributed by atoms with Crippen molar-refractivity contribution in [3.63, 3.8) is 0 Å². The third-order valence-electron chi connectivity index (χ3n) is 11.6. The molecule has 0 saturated heterocycles. The van der Waals surface area contributed by atoms with Crippen LogP contribution in [0.4, 0.5) is 34.1 Å². The number of nitrogens with zero attached hydrogens (tertiary/aromatic N) is 4. The van der Waals surface area contributed by atoms with Crippen LogP contribution in [0.2, 0.25) is 0 Å². The Morgan fingerprint density at radius 2 is 0.656 bits per heavy atom. The standard InChI is InChI=1S/C56H42N4S4/c1-58-55(36-57)56-53-34-39(37-6-12-41(13-7-37)59(43-16-24-47(61-2)25-17-43)44-18-26-48(62-3)27-19-44)10-32-51(53)52-33-11-40(35-54(52)56)38-8-14-42(15-9-38)60(45-20-28-49(63-4)29-21-45)46-22-30-50(64-5)31-23-46/h6-35H,2-5H3. The summed E-state index contributed by atoms with van der Waals surface area (Å²) >= 11 is 6.94. The molecule has 9 rings (SSSR count). The van der Waals surface area contributed by atoms with E-state index in [2.05, 4.69) is 228 Å². The van der Waals surface area contributed by atoms with Crippen LogP contribution in [0.1, 0.15) is 11.1 Å². The van der Waals surface area contributed by atoms with Gasteiger partial charge in [-0.05, 0) is 203 Å². The van der Waals surface area contributed by atoms with Crippen molar-refractivity contribution in [3.05, 3.63) is 210 Å². The normalized spacial score (nSPS) is 11.3. The highest BCUT2D eigenvalue weighted by atomic mass is 32.2.